The molecular formula is C47H52N4O14S2. The number of methoxy groups -OCH3 is 2. The largest absolute Gasteiger partial charge is 0.508 e. The topological polar surface area (TPSA) is 257 Å². The summed E-state index contributed by atoms with van der Waals surface area (Å²) in [5.41, 5.74) is -0.0494. The molecule has 2 aliphatic heterocycles. The summed E-state index contributed by atoms with van der Waals surface area (Å²) in [6, 6.07) is 5.59. The fourth-order valence-corrected chi connectivity index (χ4v) is 9.44. The first-order valence-electron chi connectivity index (χ1n) is 21.4. The zero-order chi connectivity index (χ0) is 48.3. The van der Waals surface area contributed by atoms with Gasteiger partial charge in [-0.2, -0.15) is 0 Å². The molecule has 12 atom stereocenters. The average molecular weight is 961 g/mol. The molecule has 4 heterocycles. The van der Waals surface area contributed by atoms with Gasteiger partial charge >= 0.3 is 12.1 Å². The number of aromatic carboxylic acids is 1. The van der Waals surface area contributed by atoms with Gasteiger partial charge in [-0.15, -0.1) is 9.45 Å². The first-order chi connectivity index (χ1) is 32.0. The van der Waals surface area contributed by atoms with E-state index in [1.807, 2.05) is 20.1 Å². The van der Waals surface area contributed by atoms with Gasteiger partial charge in [0.2, 0.25) is 0 Å². The number of carboxylic acid groups (broad SMARTS) is 1. The van der Waals surface area contributed by atoms with Gasteiger partial charge in [0, 0.05) is 53.6 Å². The molecule has 2 aliphatic carbocycles. The van der Waals surface area contributed by atoms with Crippen molar-refractivity contribution in [1.82, 2.24) is 20.6 Å². The quantitative estimate of drug-likeness (QED) is 0.0738. The van der Waals surface area contributed by atoms with Crippen LogP contribution in [0.4, 0.5) is 4.79 Å². The van der Waals surface area contributed by atoms with Gasteiger partial charge in [0.05, 0.1) is 67.2 Å². The van der Waals surface area contributed by atoms with Crippen molar-refractivity contribution in [2.75, 3.05) is 32.8 Å². The standard InChI is InChI=1S/C47H52N4O14S2/c1-22(2)48-31-21-62-36(20-35(31)60-4)65-44-43(56)37(42(55)41-40-28(18-30(50-41)45(57)58)27-17-24(52)13-14-29(27)49-40)23(3)63-46(44)64-34-12-10-8-7-9-11-26-38(34)25(15-16-67(6)66)32(53)19-33(54)39(26)51-47(59)61-5/h7-8,13-15,17-18,22-23,31-32,34-38,43-44,46,48-49,52-53,56H,16,19-21H2,1-6H3,(H,51,59)(H,57,58)/b8-7-,25-15-/t23?,31?,32-,34-,35?,36?,37?,38?,43?,44?,46?,67?/m0/s1. The maximum atomic E-state index is 15.0. The molecule has 0 bridgehead atoms. The zero-order valence-electron chi connectivity index (χ0n) is 37.4. The third-order valence-electron chi connectivity index (χ3n) is 11.9. The van der Waals surface area contributed by atoms with Gasteiger partial charge in [0.1, 0.15) is 29.3 Å². The van der Waals surface area contributed by atoms with Crippen molar-refractivity contribution in [3.05, 3.63) is 70.7 Å². The smallest absolute Gasteiger partial charge is 0.411 e. The van der Waals surface area contributed by atoms with Crippen molar-refractivity contribution in [3.8, 4) is 29.4 Å². The van der Waals surface area contributed by atoms with Gasteiger partial charge in [0.25, 0.3) is 0 Å². The van der Waals surface area contributed by atoms with Gasteiger partial charge in [0.15, 0.2) is 24.1 Å². The van der Waals surface area contributed by atoms with Crippen LogP contribution < -0.4 is 10.6 Å². The number of ketones is 2. The molecule has 0 spiro atoms. The molecule has 0 radical (unpaired) electrons. The molecule has 10 unspecified atom stereocenters. The van der Waals surface area contributed by atoms with Gasteiger partial charge in [-0.1, -0.05) is 54.8 Å². The maximum Gasteiger partial charge on any atom is 0.411 e. The van der Waals surface area contributed by atoms with Crippen LogP contribution in [0.2, 0.25) is 0 Å². The highest BCUT2D eigenvalue weighted by Gasteiger charge is 2.52. The number of carbonyl (C=O) groups is 4. The molecule has 67 heavy (non-hydrogen) atoms. The number of ether oxygens (including phenoxy) is 6. The van der Waals surface area contributed by atoms with E-state index in [9.17, 15) is 39.6 Å². The molecule has 7 N–H and O–H groups in total. The third-order valence-corrected chi connectivity index (χ3v) is 12.9. The zero-order valence-corrected chi connectivity index (χ0v) is 39.1. The monoisotopic (exact) mass is 960 g/mol. The minimum atomic E-state index is -1.76. The maximum absolute atomic E-state index is 15.0. The highest BCUT2D eigenvalue weighted by molar-refractivity contribution is 8.28. The number of aromatic nitrogens is 2. The van der Waals surface area contributed by atoms with E-state index in [0.717, 1.165) is 7.11 Å². The number of fused-ring (bicyclic) bond motifs is 4. The molecule has 0 saturated carbocycles. The number of aliphatic hydroxyl groups excluding tert-OH is 2. The number of hydrogen-bond donors (Lipinski definition) is 7. The van der Waals surface area contributed by atoms with Crippen molar-refractivity contribution < 1.29 is 68.0 Å². The van der Waals surface area contributed by atoms with E-state index in [4.69, 9.17) is 39.6 Å². The number of hydrogen-bond acceptors (Lipinski definition) is 16. The van der Waals surface area contributed by atoms with Crippen LogP contribution in [0.3, 0.4) is 0 Å². The van der Waals surface area contributed by atoms with Crippen LogP contribution in [-0.2, 0) is 53.9 Å². The molecule has 1 amide bonds. The molecule has 18 nitrogen and oxygen atoms in total. The molecule has 20 heteroatoms. The Morgan fingerprint density at radius 2 is 1.88 bits per heavy atom. The Morgan fingerprint density at radius 3 is 2.58 bits per heavy atom. The van der Waals surface area contributed by atoms with Crippen LogP contribution in [-0.4, -0.2) is 148 Å². The van der Waals surface area contributed by atoms with E-state index in [1.165, 1.54) is 37.3 Å². The number of rotatable bonds is 13. The SMILES string of the molecule is COC(=O)NC1=C2C#C/C=C\C#C[C@H](OC3OC(C)C(C(=O)c4nc(C(=O)O)cc5c4[nH]c4ccc(O)cc45)C(O)C3OC3CC(OC)C(NC(C)C)CO3)C2/C(=C\CS(C)=S)[C@@H](O)CC1=O. The molecule has 3 aromatic rings. The molecule has 2 aromatic heterocycles. The predicted molar refractivity (Wildman–Crippen MR) is 247 cm³/mol. The average Bonchev–Trinajstić information content (AvgIpc) is 3.65. The number of phenolic OH excluding ortho intramolecular Hbond substituents is 1. The second-order valence-electron chi connectivity index (χ2n) is 16.7. The van der Waals surface area contributed by atoms with E-state index >= 15 is 0 Å². The van der Waals surface area contributed by atoms with Crippen molar-refractivity contribution in [1.29, 1.82) is 0 Å². The van der Waals surface area contributed by atoms with Crippen LogP contribution in [0.5, 0.6) is 5.75 Å². The van der Waals surface area contributed by atoms with E-state index < -0.39 is 106 Å². The number of carbonyl (C=O) groups excluding carboxylic acids is 3. The fraction of sp³-hybridized carbons (Fsp3) is 0.468. The van der Waals surface area contributed by atoms with Gasteiger partial charge in [-0.05, 0) is 55.2 Å². The summed E-state index contributed by atoms with van der Waals surface area (Å²) in [6.45, 7) is 5.64. The summed E-state index contributed by atoms with van der Waals surface area (Å²) in [7, 11) is 2.09. The lowest BCUT2D eigenvalue weighted by Crippen LogP contribution is -2.61. The number of aromatic hydroxyl groups is 1. The Bertz CT molecular complexity index is 2690. The number of benzene rings is 1. The number of Topliss-reactive ketones (excluding diaryl/α,β-unsaturated/α-hetero) is 2. The Kier molecular flexibility index (Phi) is 15.7. The van der Waals surface area contributed by atoms with Crippen molar-refractivity contribution in [3.63, 3.8) is 0 Å². The highest BCUT2D eigenvalue weighted by atomic mass is 32.8. The molecule has 356 valence electrons. The molecular weight excluding hydrogens is 909 g/mol. The minimum absolute atomic E-state index is 0.0432. The lowest BCUT2D eigenvalue weighted by Gasteiger charge is -2.46. The van der Waals surface area contributed by atoms with E-state index in [1.54, 1.807) is 19.3 Å². The van der Waals surface area contributed by atoms with Crippen LogP contribution >= 0.6 is 0 Å². The van der Waals surface area contributed by atoms with E-state index in [0.29, 0.717) is 22.0 Å². The van der Waals surface area contributed by atoms with Crippen molar-refractivity contribution in [2.45, 2.75) is 94.9 Å². The Labute approximate surface area is 393 Å². The van der Waals surface area contributed by atoms with E-state index in [2.05, 4.69) is 44.3 Å². The number of nitrogens with one attached hydrogen (secondary N) is 3. The van der Waals surface area contributed by atoms with Crippen LogP contribution in [0.25, 0.3) is 21.8 Å². The van der Waals surface area contributed by atoms with Crippen LogP contribution in [0.15, 0.2) is 59.3 Å². The summed E-state index contributed by atoms with van der Waals surface area (Å²) in [4.78, 5) is 61.3. The number of aromatic amines is 1. The first-order valence-corrected chi connectivity index (χ1v) is 24.2. The van der Waals surface area contributed by atoms with Crippen molar-refractivity contribution in [2.24, 2.45) is 11.8 Å². The molecule has 2 fully saturated rings. The Hall–Kier alpha value is -5.36. The number of aliphatic hydroxyl groups is 2. The van der Waals surface area contributed by atoms with Gasteiger partial charge in [-0.25, -0.2) is 14.6 Å². The summed E-state index contributed by atoms with van der Waals surface area (Å²) in [5.74, 6) is 6.50. The number of H-pyrrole nitrogens is 1. The predicted octanol–water partition coefficient (Wildman–Crippen LogP) is 2.70. The Balaban J connectivity index is 1.34. The summed E-state index contributed by atoms with van der Waals surface area (Å²) in [6.07, 6.45) is -5.10. The second-order valence-corrected chi connectivity index (χ2v) is 19.9. The van der Waals surface area contributed by atoms with Gasteiger partial charge in [-0.3, -0.25) is 14.9 Å². The number of amides is 1. The lowest BCUT2D eigenvalue weighted by atomic mass is 9.82. The summed E-state index contributed by atoms with van der Waals surface area (Å²) < 4.78 is 36.8. The summed E-state index contributed by atoms with van der Waals surface area (Å²) in [5, 5.41) is 51.4. The number of carboxylic acids is 1. The van der Waals surface area contributed by atoms with Gasteiger partial charge < -0.3 is 59.1 Å². The Morgan fingerprint density at radius 1 is 1.12 bits per heavy atom. The fourth-order valence-electron chi connectivity index (χ4n) is 8.80. The molecule has 2 saturated heterocycles. The van der Waals surface area contributed by atoms with Crippen LogP contribution in [0, 0.1) is 35.5 Å². The number of alkyl carbamates (subject to hydrolysis) is 1. The first kappa shape index (κ1) is 49.5. The van der Waals surface area contributed by atoms with E-state index in [-0.39, 0.29) is 58.9 Å². The summed E-state index contributed by atoms with van der Waals surface area (Å²) >= 11 is 5.50. The second kappa shape index (κ2) is 21.3. The molecule has 7 rings (SSSR count). The molecule has 1 aromatic carbocycles. The number of allylic oxidation sites excluding steroid dienone is 3. The van der Waals surface area contributed by atoms with Crippen molar-refractivity contribution >= 4 is 66.1 Å². The number of nitrogens with zero attached hydrogens (tertiary/aromatic N) is 1. The number of pyridine rings is 1. The number of phenols is 1. The molecule has 4 aliphatic rings. The normalized spacial score (nSPS) is 30.2. The van der Waals surface area contributed by atoms with Crippen LogP contribution in [0.1, 0.15) is 54.6 Å². The third kappa shape index (κ3) is 10.8. The lowest BCUT2D eigenvalue weighted by molar-refractivity contribution is -0.330. The highest BCUT2D eigenvalue weighted by Crippen LogP contribution is 2.40. The minimum Gasteiger partial charge on any atom is -0.508 e.